The maximum atomic E-state index is 13.5. The van der Waals surface area contributed by atoms with Crippen LogP contribution in [0.5, 0.6) is 0 Å². The Morgan fingerprint density at radius 1 is 0.838 bits per heavy atom. The molecule has 1 aromatic carbocycles. The molecule has 1 saturated heterocycles. The van der Waals surface area contributed by atoms with E-state index in [2.05, 4.69) is 12.2 Å². The number of thioether (sulfide) groups is 1. The van der Waals surface area contributed by atoms with Gasteiger partial charge >= 0.3 is 6.09 Å². The van der Waals surface area contributed by atoms with Crippen molar-refractivity contribution in [3.05, 3.63) is 40.4 Å². The molecule has 1 N–H and O–H groups in total. The predicted molar refractivity (Wildman–Crippen MR) is 157 cm³/mol. The molecule has 0 unspecified atom stereocenters. The molecule has 210 valence electrons. The second kappa shape index (κ2) is 16.5. The zero-order valence-electron chi connectivity index (χ0n) is 23.6. The van der Waals surface area contributed by atoms with E-state index in [1.165, 1.54) is 83.5 Å². The third-order valence-corrected chi connectivity index (χ3v) is 10.1. The van der Waals surface area contributed by atoms with Crippen molar-refractivity contribution in [2.75, 3.05) is 11.5 Å². The van der Waals surface area contributed by atoms with Crippen molar-refractivity contribution in [1.29, 1.82) is 0 Å². The van der Waals surface area contributed by atoms with Crippen molar-refractivity contribution in [3.8, 4) is 0 Å². The van der Waals surface area contributed by atoms with E-state index >= 15 is 0 Å². The van der Waals surface area contributed by atoms with E-state index in [-0.39, 0.29) is 9.80 Å². The summed E-state index contributed by atoms with van der Waals surface area (Å²) in [6, 6.07) is 6.86. The van der Waals surface area contributed by atoms with Gasteiger partial charge in [-0.15, -0.1) is 0 Å². The van der Waals surface area contributed by atoms with Crippen molar-refractivity contribution in [1.82, 2.24) is 5.32 Å². The maximum absolute atomic E-state index is 13.5. The van der Waals surface area contributed by atoms with Crippen molar-refractivity contribution in [2.45, 2.75) is 128 Å². The summed E-state index contributed by atoms with van der Waals surface area (Å²) in [4.78, 5) is 12.4. The summed E-state index contributed by atoms with van der Waals surface area (Å²) in [5.41, 5.74) is 0.351. The lowest BCUT2D eigenvalue weighted by Crippen LogP contribution is -2.27. The van der Waals surface area contributed by atoms with Gasteiger partial charge in [0.1, 0.15) is 5.60 Å². The molecule has 1 fully saturated rings. The van der Waals surface area contributed by atoms with Crippen LogP contribution in [0.3, 0.4) is 0 Å². The van der Waals surface area contributed by atoms with E-state index in [0.29, 0.717) is 11.4 Å². The van der Waals surface area contributed by atoms with Crippen LogP contribution in [-0.4, -0.2) is 31.6 Å². The average Bonchev–Trinajstić information content (AvgIpc) is 3.12. The van der Waals surface area contributed by atoms with Crippen LogP contribution in [0, 0.1) is 6.92 Å². The summed E-state index contributed by atoms with van der Waals surface area (Å²) in [5, 5.41) is 2.66. The molecule has 5 nitrogen and oxygen atoms in total. The molecule has 0 aromatic heterocycles. The highest BCUT2D eigenvalue weighted by Gasteiger charge is 2.41. The molecule has 0 radical (unpaired) electrons. The first kappa shape index (κ1) is 31.7. The van der Waals surface area contributed by atoms with Crippen LogP contribution in [0.25, 0.3) is 0 Å². The quantitative estimate of drug-likeness (QED) is 0.174. The van der Waals surface area contributed by atoms with Gasteiger partial charge in [0.2, 0.25) is 9.84 Å². The Kier molecular flexibility index (Phi) is 14.1. The molecule has 0 aliphatic carbocycles. The lowest BCUT2D eigenvalue weighted by atomic mass is 10.0. The lowest BCUT2D eigenvalue weighted by Gasteiger charge is -2.21. The Hall–Kier alpha value is -1.47. The number of carbonyl (C=O) groups excluding carboxylic acids is 1. The van der Waals surface area contributed by atoms with Gasteiger partial charge in [-0.25, -0.2) is 13.2 Å². The summed E-state index contributed by atoms with van der Waals surface area (Å²) in [7, 11) is -3.75. The third-order valence-electron chi connectivity index (χ3n) is 6.99. The number of alkyl carbamates (subject to hydrolysis) is 1. The minimum atomic E-state index is -3.75. The number of unbranched alkanes of at least 4 members (excludes halogenated alkanes) is 13. The number of carbonyl (C=O) groups is 1. The van der Waals surface area contributed by atoms with Crippen LogP contribution < -0.4 is 5.32 Å². The normalized spacial score (nSPS) is 16.5. The SMILES string of the molecule is CCCCCCCCCCCCCCCCSC/C(=C1\NC(=O)OC1(C)C)S(=O)(=O)c1ccc(C)cc1. The molecule has 0 saturated carbocycles. The number of cyclic esters (lactones) is 1. The fourth-order valence-electron chi connectivity index (χ4n) is 4.67. The predicted octanol–water partition coefficient (Wildman–Crippen LogP) is 8.71. The molecule has 7 heteroatoms. The topological polar surface area (TPSA) is 72.5 Å². The number of hydrogen-bond donors (Lipinski definition) is 1. The summed E-state index contributed by atoms with van der Waals surface area (Å²) in [6.45, 7) is 7.64. The van der Waals surface area contributed by atoms with Gasteiger partial charge in [-0.1, -0.05) is 108 Å². The number of nitrogens with one attached hydrogen (secondary N) is 1. The number of ether oxygens (including phenoxy) is 1. The van der Waals surface area contributed by atoms with Crippen LogP contribution >= 0.6 is 11.8 Å². The van der Waals surface area contributed by atoms with Gasteiger partial charge in [-0.2, -0.15) is 11.8 Å². The minimum absolute atomic E-state index is 0.238. The van der Waals surface area contributed by atoms with Crippen LogP contribution in [-0.2, 0) is 14.6 Å². The van der Waals surface area contributed by atoms with Gasteiger partial charge < -0.3 is 4.74 Å². The Bertz CT molecular complexity index is 952. The second-order valence-electron chi connectivity index (χ2n) is 10.8. The van der Waals surface area contributed by atoms with Crippen LogP contribution in [0.4, 0.5) is 4.79 Å². The number of amides is 1. The molecule has 0 spiro atoms. The molecule has 1 aliphatic heterocycles. The zero-order chi connectivity index (χ0) is 27.2. The van der Waals surface area contributed by atoms with Gasteiger partial charge in [0, 0.05) is 5.75 Å². The number of aryl methyl sites for hydroxylation is 1. The summed E-state index contributed by atoms with van der Waals surface area (Å²) < 4.78 is 32.4. The first-order valence-electron chi connectivity index (χ1n) is 14.3. The first-order valence-corrected chi connectivity index (χ1v) is 17.0. The standard InChI is InChI=1S/C30H49NO4S2/c1-5-6-7-8-9-10-11-12-13-14-15-16-17-18-23-36-24-27(28-30(3,4)35-29(32)31-28)37(33,34)26-21-19-25(2)20-22-26/h19-22H,5-18,23-24H2,1-4H3,(H,31,32)/b28-27+. The van der Waals surface area contributed by atoms with Crippen molar-refractivity contribution < 1.29 is 17.9 Å². The van der Waals surface area contributed by atoms with Crippen LogP contribution in [0.1, 0.15) is 116 Å². The summed E-state index contributed by atoms with van der Waals surface area (Å²) in [5.74, 6) is 1.21. The molecular formula is C30H49NO4S2. The number of sulfone groups is 1. The number of rotatable bonds is 19. The largest absolute Gasteiger partial charge is 0.437 e. The van der Waals surface area contributed by atoms with Crippen molar-refractivity contribution in [3.63, 3.8) is 0 Å². The fraction of sp³-hybridized carbons (Fsp3) is 0.700. The summed E-state index contributed by atoms with van der Waals surface area (Å²) in [6.07, 6.45) is 17.9. The summed E-state index contributed by atoms with van der Waals surface area (Å²) >= 11 is 1.62. The van der Waals surface area contributed by atoms with E-state index in [0.717, 1.165) is 17.7 Å². The molecule has 0 atom stereocenters. The average molecular weight is 552 g/mol. The van der Waals surface area contributed by atoms with Crippen LogP contribution in [0.15, 0.2) is 39.8 Å². The second-order valence-corrected chi connectivity index (χ2v) is 13.9. The van der Waals surface area contributed by atoms with Crippen molar-refractivity contribution >= 4 is 27.7 Å². The van der Waals surface area contributed by atoms with Crippen LogP contribution in [0.2, 0.25) is 0 Å². The van der Waals surface area contributed by atoms with E-state index in [9.17, 15) is 13.2 Å². The molecular weight excluding hydrogens is 502 g/mol. The fourth-order valence-corrected chi connectivity index (χ4v) is 7.77. The third kappa shape index (κ3) is 11.0. The maximum Gasteiger partial charge on any atom is 0.412 e. The molecule has 1 aliphatic rings. The van der Waals surface area contributed by atoms with Crippen molar-refractivity contribution in [2.24, 2.45) is 0 Å². The first-order chi connectivity index (χ1) is 17.7. The molecule has 37 heavy (non-hydrogen) atoms. The van der Waals surface area contributed by atoms with Gasteiger partial charge in [-0.05, 0) is 45.1 Å². The Morgan fingerprint density at radius 3 is 1.78 bits per heavy atom. The Balaban J connectivity index is 1.73. The van der Waals surface area contributed by atoms with E-state index in [1.54, 1.807) is 49.9 Å². The monoisotopic (exact) mass is 551 g/mol. The number of hydrogen-bond acceptors (Lipinski definition) is 5. The zero-order valence-corrected chi connectivity index (χ0v) is 25.2. The highest BCUT2D eigenvalue weighted by Crippen LogP contribution is 2.34. The highest BCUT2D eigenvalue weighted by atomic mass is 32.2. The number of benzene rings is 1. The molecule has 1 aromatic rings. The van der Waals surface area contributed by atoms with E-state index in [4.69, 9.17) is 4.74 Å². The van der Waals surface area contributed by atoms with E-state index in [1.807, 2.05) is 6.92 Å². The van der Waals surface area contributed by atoms with E-state index < -0.39 is 21.5 Å². The minimum Gasteiger partial charge on any atom is -0.437 e. The Morgan fingerprint density at radius 2 is 1.32 bits per heavy atom. The van der Waals surface area contributed by atoms with Gasteiger partial charge in [0.15, 0.2) is 0 Å². The molecule has 1 amide bonds. The molecule has 0 bridgehead atoms. The smallest absolute Gasteiger partial charge is 0.412 e. The Labute approximate surface area is 230 Å². The lowest BCUT2D eigenvalue weighted by molar-refractivity contribution is 0.0976. The molecule has 1 heterocycles. The van der Waals surface area contributed by atoms with Gasteiger partial charge in [0.05, 0.1) is 15.5 Å². The van der Waals surface area contributed by atoms with Gasteiger partial charge in [-0.3, -0.25) is 5.32 Å². The highest BCUT2D eigenvalue weighted by molar-refractivity contribution is 8.02. The molecule has 2 rings (SSSR count). The van der Waals surface area contributed by atoms with Gasteiger partial charge in [0.25, 0.3) is 0 Å².